The first-order chi connectivity index (χ1) is 9.88. The van der Waals surface area contributed by atoms with E-state index in [0.29, 0.717) is 17.7 Å². The molecule has 0 saturated carbocycles. The van der Waals surface area contributed by atoms with Crippen LogP contribution in [0.2, 0.25) is 0 Å². The number of halogens is 2. The molecule has 2 fully saturated rings. The van der Waals surface area contributed by atoms with Crippen LogP contribution in [-0.2, 0) is 11.3 Å². The summed E-state index contributed by atoms with van der Waals surface area (Å²) in [6.45, 7) is 5.85. The van der Waals surface area contributed by atoms with Crippen molar-refractivity contribution in [2.75, 3.05) is 39.4 Å². The number of ether oxygens (including phenoxy) is 1. The summed E-state index contributed by atoms with van der Waals surface area (Å²) in [7, 11) is 0. The number of furan rings is 1. The van der Waals surface area contributed by atoms with E-state index in [0.717, 1.165) is 58.0 Å². The van der Waals surface area contributed by atoms with E-state index in [9.17, 15) is 5.11 Å². The first-order valence-electron chi connectivity index (χ1n) is 7.60. The van der Waals surface area contributed by atoms with Crippen molar-refractivity contribution in [2.45, 2.75) is 25.5 Å². The van der Waals surface area contributed by atoms with Crippen LogP contribution in [0.4, 0.5) is 0 Å². The molecule has 5 nitrogen and oxygen atoms in total. The van der Waals surface area contributed by atoms with Gasteiger partial charge in [-0.15, -0.1) is 24.8 Å². The zero-order chi connectivity index (χ0) is 13.8. The number of piperazine rings is 1. The smallest absolute Gasteiger partial charge is 0.129 e. The minimum Gasteiger partial charge on any atom is -0.462 e. The van der Waals surface area contributed by atoms with E-state index in [4.69, 9.17) is 9.15 Å². The molecule has 0 aliphatic carbocycles. The van der Waals surface area contributed by atoms with Gasteiger partial charge in [0.25, 0.3) is 0 Å². The van der Waals surface area contributed by atoms with Crippen molar-refractivity contribution in [1.29, 1.82) is 0 Å². The van der Waals surface area contributed by atoms with Gasteiger partial charge in [0, 0.05) is 39.4 Å². The molecule has 0 bridgehead atoms. The van der Waals surface area contributed by atoms with Gasteiger partial charge in [-0.2, -0.15) is 0 Å². The molecule has 1 aromatic rings. The average Bonchev–Trinajstić information content (AvgIpc) is 2.98. The first-order valence-corrected chi connectivity index (χ1v) is 7.60. The zero-order valence-electron chi connectivity index (χ0n) is 12.7. The van der Waals surface area contributed by atoms with Crippen LogP contribution < -0.4 is 5.32 Å². The number of hydrogen-bond acceptors (Lipinski definition) is 5. The molecule has 7 heteroatoms. The standard InChI is InChI=1S/C15H24N2O3.2ClH/c18-11-13-1-2-14(20-13)15(12-3-9-19-10-4-12)17-7-5-16-6-8-17;;/h1-2,12,15-16,18H,3-11H2;2*1H/t15-;;/m1../s1. The molecule has 2 aliphatic heterocycles. The zero-order valence-corrected chi connectivity index (χ0v) is 14.3. The minimum atomic E-state index is -0.0257. The van der Waals surface area contributed by atoms with Crippen LogP contribution in [0.25, 0.3) is 0 Å². The van der Waals surface area contributed by atoms with Crippen LogP contribution in [0.5, 0.6) is 0 Å². The highest BCUT2D eigenvalue weighted by Gasteiger charge is 2.33. The maximum absolute atomic E-state index is 9.22. The third kappa shape index (κ3) is 4.60. The molecule has 128 valence electrons. The second-order valence-electron chi connectivity index (χ2n) is 5.64. The molecule has 2 saturated heterocycles. The average molecular weight is 353 g/mol. The molecule has 0 unspecified atom stereocenters. The van der Waals surface area contributed by atoms with Crippen molar-refractivity contribution in [3.8, 4) is 0 Å². The fourth-order valence-corrected chi connectivity index (χ4v) is 3.34. The van der Waals surface area contributed by atoms with E-state index in [-0.39, 0.29) is 31.4 Å². The van der Waals surface area contributed by atoms with E-state index < -0.39 is 0 Å². The summed E-state index contributed by atoms with van der Waals surface area (Å²) < 4.78 is 11.3. The molecule has 3 heterocycles. The summed E-state index contributed by atoms with van der Waals surface area (Å²) in [5.41, 5.74) is 0. The van der Waals surface area contributed by atoms with Gasteiger partial charge in [0.15, 0.2) is 0 Å². The molecular weight excluding hydrogens is 327 g/mol. The van der Waals surface area contributed by atoms with Crippen molar-refractivity contribution in [1.82, 2.24) is 10.2 Å². The molecule has 0 spiro atoms. The summed E-state index contributed by atoms with van der Waals surface area (Å²) in [5, 5.41) is 12.6. The highest BCUT2D eigenvalue weighted by atomic mass is 35.5. The molecular formula is C15H26Cl2N2O3. The van der Waals surface area contributed by atoms with Crippen molar-refractivity contribution >= 4 is 24.8 Å². The van der Waals surface area contributed by atoms with Crippen molar-refractivity contribution in [2.24, 2.45) is 5.92 Å². The highest BCUT2D eigenvalue weighted by Crippen LogP contribution is 2.36. The van der Waals surface area contributed by atoms with Gasteiger partial charge in [0.1, 0.15) is 18.1 Å². The van der Waals surface area contributed by atoms with E-state index in [2.05, 4.69) is 10.2 Å². The lowest BCUT2D eigenvalue weighted by Gasteiger charge is -2.39. The van der Waals surface area contributed by atoms with Gasteiger partial charge >= 0.3 is 0 Å². The SMILES string of the molecule is Cl.Cl.OCc1ccc([C@@H](C2CCOCC2)N2CCNCC2)o1. The lowest BCUT2D eigenvalue weighted by atomic mass is 9.88. The Morgan fingerprint density at radius 1 is 1.18 bits per heavy atom. The predicted molar refractivity (Wildman–Crippen MR) is 89.9 cm³/mol. The number of rotatable bonds is 4. The maximum Gasteiger partial charge on any atom is 0.129 e. The Bertz CT molecular complexity index is 401. The fourth-order valence-electron chi connectivity index (χ4n) is 3.34. The third-order valence-electron chi connectivity index (χ3n) is 4.39. The Balaban J connectivity index is 0.00000121. The largest absolute Gasteiger partial charge is 0.462 e. The van der Waals surface area contributed by atoms with Gasteiger partial charge in [0.05, 0.1) is 6.04 Å². The normalized spacial score (nSPS) is 21.7. The number of hydrogen-bond donors (Lipinski definition) is 2. The first kappa shape index (κ1) is 19.7. The molecule has 1 atom stereocenters. The quantitative estimate of drug-likeness (QED) is 0.867. The van der Waals surface area contributed by atoms with Crippen LogP contribution in [0.15, 0.2) is 16.5 Å². The summed E-state index contributed by atoms with van der Waals surface area (Å²) in [5.74, 6) is 2.24. The van der Waals surface area contributed by atoms with Gasteiger partial charge in [-0.05, 0) is 30.9 Å². The second kappa shape index (κ2) is 9.75. The maximum atomic E-state index is 9.22. The van der Waals surface area contributed by atoms with Gasteiger partial charge in [-0.1, -0.05) is 0 Å². The lowest BCUT2D eigenvalue weighted by Crippen LogP contribution is -2.47. The van der Waals surface area contributed by atoms with E-state index >= 15 is 0 Å². The summed E-state index contributed by atoms with van der Waals surface area (Å²) in [4.78, 5) is 2.52. The minimum absolute atomic E-state index is 0. The van der Waals surface area contributed by atoms with E-state index in [1.165, 1.54) is 0 Å². The summed E-state index contributed by atoms with van der Waals surface area (Å²) >= 11 is 0. The van der Waals surface area contributed by atoms with Gasteiger partial charge in [-0.3, -0.25) is 4.90 Å². The Morgan fingerprint density at radius 3 is 2.45 bits per heavy atom. The van der Waals surface area contributed by atoms with Crippen LogP contribution in [-0.4, -0.2) is 49.4 Å². The number of nitrogens with one attached hydrogen (secondary N) is 1. The Morgan fingerprint density at radius 2 is 1.86 bits per heavy atom. The molecule has 22 heavy (non-hydrogen) atoms. The molecule has 2 aliphatic rings. The topological polar surface area (TPSA) is 57.9 Å². The molecule has 3 rings (SSSR count). The fraction of sp³-hybridized carbons (Fsp3) is 0.733. The monoisotopic (exact) mass is 352 g/mol. The Hall–Kier alpha value is -0.300. The molecule has 0 aromatic carbocycles. The number of aliphatic hydroxyl groups is 1. The van der Waals surface area contributed by atoms with Crippen molar-refractivity contribution < 1.29 is 14.3 Å². The van der Waals surface area contributed by atoms with Gasteiger partial charge < -0.3 is 19.6 Å². The van der Waals surface area contributed by atoms with Crippen LogP contribution >= 0.6 is 24.8 Å². The van der Waals surface area contributed by atoms with Crippen LogP contribution in [0.1, 0.15) is 30.4 Å². The van der Waals surface area contributed by atoms with Gasteiger partial charge in [0.2, 0.25) is 0 Å². The molecule has 1 aromatic heterocycles. The van der Waals surface area contributed by atoms with E-state index in [1.807, 2.05) is 12.1 Å². The second-order valence-corrected chi connectivity index (χ2v) is 5.64. The van der Waals surface area contributed by atoms with Crippen molar-refractivity contribution in [3.05, 3.63) is 23.7 Å². The Kier molecular flexibility index (Phi) is 8.75. The van der Waals surface area contributed by atoms with Gasteiger partial charge in [-0.25, -0.2) is 0 Å². The number of aliphatic hydroxyl groups excluding tert-OH is 1. The summed E-state index contributed by atoms with van der Waals surface area (Å²) in [6, 6.07) is 4.25. The van der Waals surface area contributed by atoms with Crippen molar-refractivity contribution in [3.63, 3.8) is 0 Å². The lowest BCUT2D eigenvalue weighted by molar-refractivity contribution is 0.0141. The third-order valence-corrected chi connectivity index (χ3v) is 4.39. The van der Waals surface area contributed by atoms with Crippen LogP contribution in [0, 0.1) is 5.92 Å². The predicted octanol–water partition coefficient (Wildman–Crippen LogP) is 1.99. The van der Waals surface area contributed by atoms with Crippen LogP contribution in [0.3, 0.4) is 0 Å². The summed E-state index contributed by atoms with van der Waals surface area (Å²) in [6.07, 6.45) is 2.17. The van der Waals surface area contributed by atoms with E-state index in [1.54, 1.807) is 0 Å². The molecule has 0 amide bonds. The molecule has 2 N–H and O–H groups in total. The Labute approximate surface area is 144 Å². The highest BCUT2D eigenvalue weighted by molar-refractivity contribution is 5.85. The number of nitrogens with zero attached hydrogens (tertiary/aromatic N) is 1. The molecule has 0 radical (unpaired) electrons.